The Morgan fingerprint density at radius 3 is 2.79 bits per heavy atom. The highest BCUT2D eigenvalue weighted by molar-refractivity contribution is 5.78. The molecule has 1 aromatic rings. The van der Waals surface area contributed by atoms with Gasteiger partial charge in [-0.25, -0.2) is 9.98 Å². The lowest BCUT2D eigenvalue weighted by molar-refractivity contribution is 0.232. The number of aliphatic imine (C=N–C) groups is 1. The number of rotatable bonds is 6. The van der Waals surface area contributed by atoms with Gasteiger partial charge in [0.15, 0.2) is 5.96 Å². The molecule has 1 aromatic heterocycles. The zero-order valence-electron chi connectivity index (χ0n) is 11.8. The average Bonchev–Trinajstić information content (AvgIpc) is 2.35. The Bertz CT molecular complexity index is 437. The van der Waals surface area contributed by atoms with Gasteiger partial charge in [-0.05, 0) is 26.3 Å². The molecule has 0 radical (unpaired) electrons. The Kier molecular flexibility index (Phi) is 5.85. The van der Waals surface area contributed by atoms with Crippen LogP contribution in [0, 0.1) is 0 Å². The molecule has 5 nitrogen and oxygen atoms in total. The van der Waals surface area contributed by atoms with Crippen molar-refractivity contribution in [2.75, 3.05) is 6.54 Å². The molecule has 0 spiro atoms. The monoisotopic (exact) mass is 262 g/mol. The first kappa shape index (κ1) is 15.0. The van der Waals surface area contributed by atoms with Crippen molar-refractivity contribution < 1.29 is 4.74 Å². The largest absolute Gasteiger partial charge is 0.475 e. The second kappa shape index (κ2) is 7.41. The summed E-state index contributed by atoms with van der Waals surface area (Å²) >= 11 is 0. The molecular weight excluding hydrogens is 240 g/mol. The van der Waals surface area contributed by atoms with E-state index in [4.69, 9.17) is 10.5 Å². The SMILES string of the molecule is C=C(C)CNC(N)=NCc1ccc(OC(C)C)nc1. The van der Waals surface area contributed by atoms with Crippen LogP contribution in [0.1, 0.15) is 26.3 Å². The molecule has 0 aliphatic carbocycles. The summed E-state index contributed by atoms with van der Waals surface area (Å²) in [5, 5.41) is 2.97. The van der Waals surface area contributed by atoms with Crippen LogP contribution in [0.3, 0.4) is 0 Å². The third kappa shape index (κ3) is 6.45. The molecule has 3 N–H and O–H groups in total. The number of nitrogens with zero attached hydrogens (tertiary/aromatic N) is 2. The van der Waals surface area contributed by atoms with E-state index in [0.29, 0.717) is 24.9 Å². The van der Waals surface area contributed by atoms with Gasteiger partial charge >= 0.3 is 0 Å². The molecular formula is C14H22N4O. The lowest BCUT2D eigenvalue weighted by Crippen LogP contribution is -2.32. The van der Waals surface area contributed by atoms with Gasteiger partial charge in [0.1, 0.15) is 0 Å². The minimum Gasteiger partial charge on any atom is -0.475 e. The molecule has 0 atom stereocenters. The van der Waals surface area contributed by atoms with Gasteiger partial charge in [-0.15, -0.1) is 0 Å². The Balaban J connectivity index is 2.48. The van der Waals surface area contributed by atoms with Crippen LogP contribution < -0.4 is 15.8 Å². The maximum atomic E-state index is 5.72. The minimum absolute atomic E-state index is 0.123. The van der Waals surface area contributed by atoms with Crippen molar-refractivity contribution in [3.8, 4) is 5.88 Å². The molecule has 5 heteroatoms. The van der Waals surface area contributed by atoms with Crippen molar-refractivity contribution in [2.45, 2.75) is 33.4 Å². The summed E-state index contributed by atoms with van der Waals surface area (Å²) in [6.07, 6.45) is 1.87. The van der Waals surface area contributed by atoms with E-state index < -0.39 is 0 Å². The Hall–Kier alpha value is -2.04. The van der Waals surface area contributed by atoms with Crippen molar-refractivity contribution in [2.24, 2.45) is 10.7 Å². The predicted octanol–water partition coefficient (Wildman–Crippen LogP) is 1.85. The molecule has 104 valence electrons. The number of aromatic nitrogens is 1. The first-order valence-corrected chi connectivity index (χ1v) is 6.27. The number of hydrogen-bond donors (Lipinski definition) is 2. The van der Waals surface area contributed by atoms with E-state index in [0.717, 1.165) is 11.1 Å². The number of nitrogens with one attached hydrogen (secondary N) is 1. The topological polar surface area (TPSA) is 72.5 Å². The van der Waals surface area contributed by atoms with Crippen LogP contribution in [0.2, 0.25) is 0 Å². The lowest BCUT2D eigenvalue weighted by Gasteiger charge is -2.08. The molecule has 19 heavy (non-hydrogen) atoms. The van der Waals surface area contributed by atoms with Crippen molar-refractivity contribution in [3.63, 3.8) is 0 Å². The van der Waals surface area contributed by atoms with Crippen molar-refractivity contribution in [3.05, 3.63) is 36.0 Å². The van der Waals surface area contributed by atoms with E-state index >= 15 is 0 Å². The number of pyridine rings is 1. The van der Waals surface area contributed by atoms with E-state index in [9.17, 15) is 0 Å². The van der Waals surface area contributed by atoms with Crippen molar-refractivity contribution in [1.82, 2.24) is 10.3 Å². The maximum Gasteiger partial charge on any atom is 0.213 e. The van der Waals surface area contributed by atoms with E-state index in [1.165, 1.54) is 0 Å². The zero-order chi connectivity index (χ0) is 14.3. The second-order valence-corrected chi connectivity index (χ2v) is 4.68. The fourth-order valence-electron chi connectivity index (χ4n) is 1.29. The summed E-state index contributed by atoms with van der Waals surface area (Å²) in [7, 11) is 0. The van der Waals surface area contributed by atoms with Crippen LogP contribution in [-0.4, -0.2) is 23.6 Å². The van der Waals surface area contributed by atoms with E-state index in [2.05, 4.69) is 21.9 Å². The third-order valence-corrected chi connectivity index (χ3v) is 2.16. The molecule has 0 bridgehead atoms. The molecule has 0 aliphatic rings. The van der Waals surface area contributed by atoms with Crippen LogP contribution in [0.25, 0.3) is 0 Å². The maximum absolute atomic E-state index is 5.72. The average molecular weight is 262 g/mol. The minimum atomic E-state index is 0.123. The second-order valence-electron chi connectivity index (χ2n) is 4.68. The molecule has 0 fully saturated rings. The molecule has 1 rings (SSSR count). The number of ether oxygens (including phenoxy) is 1. The normalized spacial score (nSPS) is 11.5. The van der Waals surface area contributed by atoms with Crippen LogP contribution in [0.4, 0.5) is 0 Å². The van der Waals surface area contributed by atoms with Crippen LogP contribution in [0.5, 0.6) is 5.88 Å². The van der Waals surface area contributed by atoms with Gasteiger partial charge < -0.3 is 15.8 Å². The number of guanidine groups is 1. The molecule has 0 amide bonds. The van der Waals surface area contributed by atoms with Gasteiger partial charge in [-0.1, -0.05) is 18.2 Å². The molecule has 0 aromatic carbocycles. The summed E-state index contributed by atoms with van der Waals surface area (Å²) < 4.78 is 5.47. The highest BCUT2D eigenvalue weighted by Crippen LogP contribution is 2.09. The Morgan fingerprint density at radius 2 is 2.26 bits per heavy atom. The van der Waals surface area contributed by atoms with E-state index in [-0.39, 0.29) is 6.10 Å². The number of hydrogen-bond acceptors (Lipinski definition) is 3. The zero-order valence-corrected chi connectivity index (χ0v) is 11.8. The fourth-order valence-corrected chi connectivity index (χ4v) is 1.29. The molecule has 1 heterocycles. The Morgan fingerprint density at radius 1 is 1.53 bits per heavy atom. The molecule has 0 aliphatic heterocycles. The molecule has 0 saturated heterocycles. The van der Waals surface area contributed by atoms with Crippen molar-refractivity contribution >= 4 is 5.96 Å². The van der Waals surface area contributed by atoms with Crippen LogP contribution >= 0.6 is 0 Å². The van der Waals surface area contributed by atoms with Crippen LogP contribution in [-0.2, 0) is 6.54 Å². The van der Waals surface area contributed by atoms with E-state index in [1.54, 1.807) is 6.20 Å². The van der Waals surface area contributed by atoms with Gasteiger partial charge in [0.2, 0.25) is 5.88 Å². The number of nitrogens with two attached hydrogens (primary N) is 1. The fraction of sp³-hybridized carbons (Fsp3) is 0.429. The first-order chi connectivity index (χ1) is 8.97. The van der Waals surface area contributed by atoms with Gasteiger partial charge in [0.25, 0.3) is 0 Å². The lowest BCUT2D eigenvalue weighted by atomic mass is 10.3. The summed E-state index contributed by atoms with van der Waals surface area (Å²) in [6.45, 7) is 10.8. The Labute approximate surface area is 114 Å². The van der Waals surface area contributed by atoms with Crippen molar-refractivity contribution in [1.29, 1.82) is 0 Å². The molecule has 0 unspecified atom stereocenters. The van der Waals surface area contributed by atoms with Gasteiger partial charge in [-0.3, -0.25) is 0 Å². The third-order valence-electron chi connectivity index (χ3n) is 2.16. The summed E-state index contributed by atoms with van der Waals surface area (Å²) in [4.78, 5) is 8.42. The highest BCUT2D eigenvalue weighted by atomic mass is 16.5. The highest BCUT2D eigenvalue weighted by Gasteiger charge is 1.99. The first-order valence-electron chi connectivity index (χ1n) is 6.27. The summed E-state index contributed by atoms with van der Waals surface area (Å²) in [6, 6.07) is 3.77. The van der Waals surface area contributed by atoms with Gasteiger partial charge in [-0.2, -0.15) is 0 Å². The quantitative estimate of drug-likeness (QED) is 0.466. The van der Waals surface area contributed by atoms with Crippen LogP contribution in [0.15, 0.2) is 35.5 Å². The smallest absolute Gasteiger partial charge is 0.213 e. The van der Waals surface area contributed by atoms with E-state index in [1.807, 2.05) is 32.9 Å². The summed E-state index contributed by atoms with van der Waals surface area (Å²) in [5.41, 5.74) is 7.71. The van der Waals surface area contributed by atoms with Gasteiger partial charge in [0.05, 0.1) is 12.6 Å². The summed E-state index contributed by atoms with van der Waals surface area (Å²) in [5.74, 6) is 1.03. The molecule has 0 saturated carbocycles. The standard InChI is InChI=1S/C14H22N4O/c1-10(2)7-17-14(15)18-9-12-5-6-13(16-8-12)19-11(3)4/h5-6,8,11H,1,7,9H2,2-4H3,(H3,15,17,18). The van der Waals surface area contributed by atoms with Gasteiger partial charge in [0, 0.05) is 18.8 Å². The predicted molar refractivity (Wildman–Crippen MR) is 78.1 cm³/mol.